The summed E-state index contributed by atoms with van der Waals surface area (Å²) in [6.07, 6.45) is 7.29. The van der Waals surface area contributed by atoms with E-state index in [-0.39, 0.29) is 21.1 Å². The number of nitrogens with zero attached hydrogens (tertiary/aromatic N) is 5. The fourth-order valence-electron chi connectivity index (χ4n) is 6.18. The van der Waals surface area contributed by atoms with E-state index in [2.05, 4.69) is 85.8 Å². The molecule has 0 fully saturated rings. The third-order valence-electron chi connectivity index (χ3n) is 8.20. The zero-order valence-corrected chi connectivity index (χ0v) is 26.5. The Hall–Kier alpha value is -5.58. The number of fused-ring (bicyclic) bond motifs is 6. The van der Waals surface area contributed by atoms with Gasteiger partial charge < -0.3 is 13.9 Å². The van der Waals surface area contributed by atoms with E-state index in [0.29, 0.717) is 11.5 Å². The van der Waals surface area contributed by atoms with E-state index in [1.807, 2.05) is 66.9 Å². The van der Waals surface area contributed by atoms with Crippen LogP contribution in [0.1, 0.15) is 0 Å². The summed E-state index contributed by atoms with van der Waals surface area (Å²) in [6.45, 7) is 0. The number of benzene rings is 4. The summed E-state index contributed by atoms with van der Waals surface area (Å²) >= 11 is 0. The van der Waals surface area contributed by atoms with Gasteiger partial charge in [0.05, 0.1) is 0 Å². The zero-order chi connectivity index (χ0) is 29.7. The molecule has 0 atom stereocenters. The van der Waals surface area contributed by atoms with Crippen LogP contribution in [-0.4, -0.2) is 24.1 Å². The molecule has 5 heterocycles. The molecule has 4 aromatic carbocycles. The van der Waals surface area contributed by atoms with E-state index >= 15 is 0 Å². The van der Waals surface area contributed by atoms with Crippen LogP contribution in [-0.2, 0) is 21.1 Å². The number of ether oxygens (including phenoxy) is 1. The summed E-state index contributed by atoms with van der Waals surface area (Å²) in [6, 6.07) is 45.9. The molecule has 0 saturated carbocycles. The van der Waals surface area contributed by atoms with Gasteiger partial charge >= 0.3 is 21.1 Å². The van der Waals surface area contributed by atoms with E-state index < -0.39 is 0 Å². The van der Waals surface area contributed by atoms with Crippen molar-refractivity contribution in [2.75, 3.05) is 0 Å². The van der Waals surface area contributed by atoms with Gasteiger partial charge in [-0.05, 0) is 64.9 Å². The molecule has 46 heavy (non-hydrogen) atoms. The van der Waals surface area contributed by atoms with Gasteiger partial charge in [0.1, 0.15) is 11.6 Å². The molecule has 220 valence electrons. The maximum Gasteiger partial charge on any atom is 2.00 e. The van der Waals surface area contributed by atoms with Crippen LogP contribution in [0.25, 0.3) is 66.4 Å². The van der Waals surface area contributed by atoms with Crippen molar-refractivity contribution in [2.45, 2.75) is 0 Å². The van der Waals surface area contributed by atoms with E-state index in [4.69, 9.17) is 9.72 Å². The molecule has 9 rings (SSSR count). The topological polar surface area (TPSA) is 57.8 Å². The monoisotopic (exact) mass is 772 g/mol. The second-order valence-corrected chi connectivity index (χ2v) is 10.8. The summed E-state index contributed by atoms with van der Waals surface area (Å²) in [5.74, 6) is 2.83. The van der Waals surface area contributed by atoms with Crippen molar-refractivity contribution in [1.82, 2.24) is 24.1 Å². The van der Waals surface area contributed by atoms with Gasteiger partial charge in [0, 0.05) is 52.9 Å². The molecule has 0 saturated heterocycles. The summed E-state index contributed by atoms with van der Waals surface area (Å²) in [7, 11) is 0. The molecule has 0 spiro atoms. The second kappa shape index (κ2) is 11.4. The summed E-state index contributed by atoms with van der Waals surface area (Å²) in [4.78, 5) is 13.6. The van der Waals surface area contributed by atoms with Crippen molar-refractivity contribution in [3.8, 4) is 34.3 Å². The molecule has 0 radical (unpaired) electrons. The molecule has 0 bridgehead atoms. The van der Waals surface area contributed by atoms with E-state index in [9.17, 15) is 0 Å². The Morgan fingerprint density at radius 2 is 1.07 bits per heavy atom. The van der Waals surface area contributed by atoms with E-state index in [0.717, 1.165) is 66.4 Å². The fraction of sp³-hybridized carbons (Fsp3) is 0. The standard InChI is InChI=1S/C39H23N5O.Pt/c1-3-9-34-30(7-1)32-15-13-28(23-36(32)43(34)38-11-5-6-20-41-38)45-29-14-16-33-31-8-2-4-10-35(31)44(37(33)24-29)39-17-12-27(25-42-39)26-18-21-40-22-19-26;/h1-22,25H;/q-2;+2. The minimum atomic E-state index is 0. The first-order valence-corrected chi connectivity index (χ1v) is 14.7. The SMILES string of the molecule is [Pt+2].[c-]1c(Oc2[c-]c3c(cc2)c2ccccc2n3-c2ccc(-c3ccncc3)cn2)ccc2c3ccccc3n(-c3ccccn3)c12. The minimum absolute atomic E-state index is 0. The average Bonchev–Trinajstić information content (AvgIpc) is 3.61. The van der Waals surface area contributed by atoms with Crippen LogP contribution in [0.3, 0.4) is 0 Å². The van der Waals surface area contributed by atoms with Crippen LogP contribution < -0.4 is 4.74 Å². The van der Waals surface area contributed by atoms with Crippen LogP contribution in [0.15, 0.2) is 140 Å². The Balaban J connectivity index is 0.00000312. The van der Waals surface area contributed by atoms with Crippen molar-refractivity contribution < 1.29 is 25.8 Å². The molecule has 6 nitrogen and oxygen atoms in total. The molecule has 5 aromatic heterocycles. The molecule has 7 heteroatoms. The number of rotatable bonds is 5. The maximum atomic E-state index is 6.46. The number of para-hydroxylation sites is 2. The predicted octanol–water partition coefficient (Wildman–Crippen LogP) is 9.12. The fourth-order valence-corrected chi connectivity index (χ4v) is 6.18. The molecule has 0 N–H and O–H groups in total. The smallest absolute Gasteiger partial charge is 0.509 e. The molecular formula is C39H23N5OPt. The summed E-state index contributed by atoms with van der Waals surface area (Å²) in [5, 5.41) is 4.43. The Bertz CT molecular complexity index is 2510. The Labute approximate surface area is 278 Å². The first-order valence-electron chi connectivity index (χ1n) is 14.7. The Morgan fingerprint density at radius 1 is 0.478 bits per heavy atom. The van der Waals surface area contributed by atoms with Crippen molar-refractivity contribution >= 4 is 43.6 Å². The second-order valence-electron chi connectivity index (χ2n) is 10.8. The third kappa shape index (κ3) is 4.58. The molecule has 0 unspecified atom stereocenters. The number of hydrogen-bond donors (Lipinski definition) is 0. The minimum Gasteiger partial charge on any atom is -0.509 e. The van der Waals surface area contributed by atoms with Gasteiger partial charge in [-0.1, -0.05) is 53.5 Å². The number of aromatic nitrogens is 5. The zero-order valence-electron chi connectivity index (χ0n) is 24.2. The number of hydrogen-bond acceptors (Lipinski definition) is 4. The summed E-state index contributed by atoms with van der Waals surface area (Å²) in [5.41, 5.74) is 6.02. The van der Waals surface area contributed by atoms with Gasteiger partial charge in [0.25, 0.3) is 0 Å². The maximum absolute atomic E-state index is 6.46. The summed E-state index contributed by atoms with van der Waals surface area (Å²) < 4.78 is 10.7. The van der Waals surface area contributed by atoms with Crippen molar-refractivity contribution in [1.29, 1.82) is 0 Å². The van der Waals surface area contributed by atoms with Crippen LogP contribution in [0.2, 0.25) is 0 Å². The van der Waals surface area contributed by atoms with Gasteiger partial charge in [-0.25, -0.2) is 9.97 Å². The van der Waals surface area contributed by atoms with Crippen molar-refractivity contribution in [3.05, 3.63) is 152 Å². The Morgan fingerprint density at radius 3 is 1.63 bits per heavy atom. The molecular weight excluding hydrogens is 750 g/mol. The molecule has 0 aliphatic rings. The molecule has 9 aromatic rings. The van der Waals surface area contributed by atoms with E-state index in [1.165, 1.54) is 0 Å². The molecule has 0 aliphatic heterocycles. The first kappa shape index (κ1) is 27.9. The Kier molecular flexibility index (Phi) is 6.93. The van der Waals surface area contributed by atoms with Crippen molar-refractivity contribution in [2.24, 2.45) is 0 Å². The van der Waals surface area contributed by atoms with E-state index in [1.54, 1.807) is 18.6 Å². The largest absolute Gasteiger partial charge is 2.00 e. The van der Waals surface area contributed by atoms with Gasteiger partial charge in [-0.3, -0.25) is 4.98 Å². The molecule has 0 aliphatic carbocycles. The van der Waals surface area contributed by atoms with Crippen LogP contribution in [0, 0.1) is 12.1 Å². The number of pyridine rings is 3. The normalized spacial score (nSPS) is 11.3. The van der Waals surface area contributed by atoms with Gasteiger partial charge in [-0.15, -0.1) is 35.0 Å². The van der Waals surface area contributed by atoms with Crippen molar-refractivity contribution in [3.63, 3.8) is 0 Å². The van der Waals surface area contributed by atoms with Crippen LogP contribution in [0.5, 0.6) is 11.5 Å². The van der Waals surface area contributed by atoms with Crippen LogP contribution in [0.4, 0.5) is 0 Å². The van der Waals surface area contributed by atoms with Gasteiger partial charge in [0.15, 0.2) is 0 Å². The molecule has 0 amide bonds. The average molecular weight is 773 g/mol. The van der Waals surface area contributed by atoms with Gasteiger partial charge in [0.2, 0.25) is 0 Å². The van der Waals surface area contributed by atoms with Gasteiger partial charge in [-0.2, -0.15) is 12.1 Å². The quantitative estimate of drug-likeness (QED) is 0.164. The van der Waals surface area contributed by atoms with Crippen LogP contribution >= 0.6 is 0 Å². The first-order chi connectivity index (χ1) is 22.3. The third-order valence-corrected chi connectivity index (χ3v) is 8.20. The predicted molar refractivity (Wildman–Crippen MR) is 178 cm³/mol.